The van der Waals surface area contributed by atoms with Crippen LogP contribution in [0.4, 0.5) is 5.69 Å². The summed E-state index contributed by atoms with van der Waals surface area (Å²) in [5.41, 5.74) is 0.162. The molecule has 0 saturated carbocycles. The van der Waals surface area contributed by atoms with Crippen LogP contribution in [0.5, 0.6) is 0 Å². The van der Waals surface area contributed by atoms with E-state index in [2.05, 4.69) is 11.4 Å². The van der Waals surface area contributed by atoms with E-state index in [0.717, 1.165) is 17.4 Å². The number of hydrogen-bond donors (Lipinski definition) is 1. The zero-order valence-corrected chi connectivity index (χ0v) is 15.9. The second-order valence-corrected chi connectivity index (χ2v) is 7.93. The average Bonchev–Trinajstić information content (AvgIpc) is 2.60. The van der Waals surface area contributed by atoms with Crippen molar-refractivity contribution in [3.8, 4) is 12.1 Å². The molecular weight excluding hydrogens is 348 g/mol. The van der Waals surface area contributed by atoms with Crippen LogP contribution in [0.1, 0.15) is 20.8 Å². The highest BCUT2D eigenvalue weighted by molar-refractivity contribution is 8.04. The van der Waals surface area contributed by atoms with Gasteiger partial charge in [0.1, 0.15) is 5.92 Å². The molecule has 1 N–H and O–H groups in total. The van der Waals surface area contributed by atoms with Gasteiger partial charge in [0.05, 0.1) is 28.0 Å². The molecule has 6 nitrogen and oxygen atoms in total. The van der Waals surface area contributed by atoms with E-state index in [0.29, 0.717) is 10.6 Å². The van der Waals surface area contributed by atoms with Crippen molar-refractivity contribution in [2.75, 3.05) is 11.9 Å². The number of para-hydroxylation sites is 1. The van der Waals surface area contributed by atoms with E-state index >= 15 is 0 Å². The maximum Gasteiger partial charge on any atom is 0.243 e. The van der Waals surface area contributed by atoms with Crippen molar-refractivity contribution >= 4 is 29.3 Å². The summed E-state index contributed by atoms with van der Waals surface area (Å²) in [6.07, 6.45) is 0. The monoisotopic (exact) mass is 368 g/mol. The van der Waals surface area contributed by atoms with E-state index in [9.17, 15) is 20.1 Å². The van der Waals surface area contributed by atoms with E-state index < -0.39 is 22.5 Å². The number of nitriles is 2. The van der Waals surface area contributed by atoms with Crippen LogP contribution < -0.4 is 10.2 Å². The largest absolute Gasteiger partial charge is 0.319 e. The molecule has 1 heterocycles. The first-order chi connectivity index (χ1) is 12.2. The van der Waals surface area contributed by atoms with Crippen LogP contribution in [0, 0.1) is 34.0 Å². The number of anilines is 1. The van der Waals surface area contributed by atoms with E-state index in [1.807, 2.05) is 36.4 Å². The number of nitrogens with zero attached hydrogens (tertiary/aromatic N) is 3. The zero-order chi connectivity index (χ0) is 19.5. The Labute approximate surface area is 157 Å². The first-order valence-corrected chi connectivity index (χ1v) is 8.96. The number of carbonyl (C=O) groups excluding carboxylic acids is 2. The van der Waals surface area contributed by atoms with Crippen molar-refractivity contribution in [2.45, 2.75) is 26.0 Å². The number of nitrogens with one attached hydrogen (secondary N) is 1. The van der Waals surface area contributed by atoms with Crippen LogP contribution in [-0.2, 0) is 9.59 Å². The second-order valence-electron chi connectivity index (χ2n) is 6.58. The molecule has 2 rings (SSSR count). The molecule has 0 unspecified atom stereocenters. The Morgan fingerprint density at radius 1 is 1.31 bits per heavy atom. The molecule has 134 valence electrons. The minimum atomic E-state index is -0.945. The highest BCUT2D eigenvalue weighted by atomic mass is 32.2. The second kappa shape index (κ2) is 7.63. The van der Waals surface area contributed by atoms with Crippen molar-refractivity contribution < 1.29 is 9.59 Å². The minimum absolute atomic E-state index is 0.152. The maximum atomic E-state index is 12.7. The van der Waals surface area contributed by atoms with Gasteiger partial charge in [-0.25, -0.2) is 0 Å². The average molecular weight is 368 g/mol. The number of carbonyl (C=O) groups is 2. The first kappa shape index (κ1) is 19.6. The fourth-order valence-electron chi connectivity index (χ4n) is 2.79. The van der Waals surface area contributed by atoms with Crippen molar-refractivity contribution in [1.29, 1.82) is 10.5 Å². The summed E-state index contributed by atoms with van der Waals surface area (Å²) < 4.78 is 0. The quantitative estimate of drug-likeness (QED) is 0.881. The van der Waals surface area contributed by atoms with Gasteiger partial charge >= 0.3 is 0 Å². The minimum Gasteiger partial charge on any atom is -0.319 e. The fourth-order valence-corrected chi connectivity index (χ4v) is 3.99. The van der Waals surface area contributed by atoms with Gasteiger partial charge in [0.15, 0.2) is 0 Å². The summed E-state index contributed by atoms with van der Waals surface area (Å²) >= 11 is 1.13. The molecule has 1 aliphatic rings. The van der Waals surface area contributed by atoms with Crippen LogP contribution in [0.15, 0.2) is 40.9 Å². The highest BCUT2D eigenvalue weighted by Crippen LogP contribution is 2.42. The third-order valence-corrected chi connectivity index (χ3v) is 5.55. The molecule has 0 spiro atoms. The number of rotatable bonds is 4. The molecule has 0 bridgehead atoms. The lowest BCUT2D eigenvalue weighted by molar-refractivity contribution is -0.125. The van der Waals surface area contributed by atoms with E-state index in [4.69, 9.17) is 0 Å². The van der Waals surface area contributed by atoms with Crippen LogP contribution in [0.25, 0.3) is 0 Å². The van der Waals surface area contributed by atoms with Crippen LogP contribution >= 0.6 is 11.8 Å². The SMILES string of the molecule is C[C@@H](SC1=C(C#N)C(C)(C)[C@H](C#N)C(=O)N1)C(=O)N(C)c1ccccc1. The van der Waals surface area contributed by atoms with Gasteiger partial charge in [0.25, 0.3) is 0 Å². The Morgan fingerprint density at radius 2 is 1.92 bits per heavy atom. The van der Waals surface area contributed by atoms with Gasteiger partial charge in [-0.3, -0.25) is 9.59 Å². The molecule has 2 amide bonds. The topological polar surface area (TPSA) is 97.0 Å². The Morgan fingerprint density at radius 3 is 2.46 bits per heavy atom. The summed E-state index contributed by atoms with van der Waals surface area (Å²) in [6.45, 7) is 5.12. The lowest BCUT2D eigenvalue weighted by Crippen LogP contribution is -2.45. The lowest BCUT2D eigenvalue weighted by atomic mass is 9.72. The number of allylic oxidation sites excluding steroid dienone is 1. The first-order valence-electron chi connectivity index (χ1n) is 8.08. The fraction of sp³-hybridized carbons (Fsp3) is 0.368. The van der Waals surface area contributed by atoms with E-state index in [-0.39, 0.29) is 5.91 Å². The number of benzene rings is 1. The summed E-state index contributed by atoms with van der Waals surface area (Å²) in [5.74, 6) is -1.55. The number of amides is 2. The van der Waals surface area contributed by atoms with Crippen LogP contribution in [-0.4, -0.2) is 24.1 Å². The molecule has 0 radical (unpaired) electrons. The van der Waals surface area contributed by atoms with Crippen molar-refractivity contribution in [1.82, 2.24) is 5.32 Å². The smallest absolute Gasteiger partial charge is 0.243 e. The molecule has 1 aliphatic heterocycles. The third kappa shape index (κ3) is 3.58. The molecule has 26 heavy (non-hydrogen) atoms. The normalized spacial score (nSPS) is 19.8. The van der Waals surface area contributed by atoms with Crippen molar-refractivity contribution in [3.63, 3.8) is 0 Å². The van der Waals surface area contributed by atoms with Crippen LogP contribution in [0.2, 0.25) is 0 Å². The number of hydrogen-bond acceptors (Lipinski definition) is 5. The third-order valence-electron chi connectivity index (χ3n) is 4.45. The molecule has 1 aromatic carbocycles. The summed E-state index contributed by atoms with van der Waals surface area (Å²) in [7, 11) is 1.68. The van der Waals surface area contributed by atoms with Gasteiger partial charge in [-0.2, -0.15) is 10.5 Å². The summed E-state index contributed by atoms with van der Waals surface area (Å²) in [4.78, 5) is 26.5. The maximum absolute atomic E-state index is 12.7. The zero-order valence-electron chi connectivity index (χ0n) is 15.1. The van der Waals surface area contributed by atoms with Gasteiger partial charge in [-0.05, 0) is 19.1 Å². The summed E-state index contributed by atoms with van der Waals surface area (Å²) in [6, 6.07) is 13.3. The molecular formula is C19H20N4O2S. The standard InChI is InChI=1S/C19H20N4O2S/c1-12(18(25)23(4)13-8-6-5-7-9-13)26-17-15(11-21)19(2,3)14(10-20)16(24)22-17/h5-9,12,14H,1-4H3,(H,22,24)/t12-,14-/m1/s1. The van der Waals surface area contributed by atoms with Crippen molar-refractivity contribution in [3.05, 3.63) is 40.9 Å². The molecule has 0 fully saturated rings. The molecule has 1 aromatic rings. The van der Waals surface area contributed by atoms with Gasteiger partial charge in [-0.15, -0.1) is 0 Å². The predicted octanol–water partition coefficient (Wildman–Crippen LogP) is 2.80. The summed E-state index contributed by atoms with van der Waals surface area (Å²) in [5, 5.41) is 21.3. The predicted molar refractivity (Wildman–Crippen MR) is 101 cm³/mol. The van der Waals surface area contributed by atoms with Gasteiger partial charge < -0.3 is 10.2 Å². The Hall–Kier alpha value is -2.77. The van der Waals surface area contributed by atoms with E-state index in [1.165, 1.54) is 4.90 Å². The van der Waals surface area contributed by atoms with Crippen molar-refractivity contribution in [2.24, 2.45) is 11.3 Å². The Balaban J connectivity index is 2.27. The molecule has 2 atom stereocenters. The molecule has 0 aromatic heterocycles. The van der Waals surface area contributed by atoms with E-state index in [1.54, 1.807) is 27.8 Å². The highest BCUT2D eigenvalue weighted by Gasteiger charge is 2.45. The van der Waals surface area contributed by atoms with Gasteiger partial charge in [-0.1, -0.05) is 43.8 Å². The van der Waals surface area contributed by atoms with Gasteiger partial charge in [0, 0.05) is 18.2 Å². The Bertz CT molecular complexity index is 833. The van der Waals surface area contributed by atoms with Crippen LogP contribution in [0.3, 0.4) is 0 Å². The molecule has 0 saturated heterocycles. The van der Waals surface area contributed by atoms with Gasteiger partial charge in [0.2, 0.25) is 11.8 Å². The number of thioether (sulfide) groups is 1. The molecule has 7 heteroatoms. The lowest BCUT2D eigenvalue weighted by Gasteiger charge is -2.35. The Kier molecular flexibility index (Phi) is 5.74. The molecule has 0 aliphatic carbocycles.